The maximum absolute atomic E-state index is 13.7. The molecule has 0 unspecified atom stereocenters. The number of rotatable bonds is 8. The number of ketones is 1. The second kappa shape index (κ2) is 13.6. The van der Waals surface area contributed by atoms with Gasteiger partial charge in [0.25, 0.3) is 0 Å². The van der Waals surface area contributed by atoms with Crippen LogP contribution in [-0.4, -0.2) is 83.8 Å². The molecule has 0 aromatic heterocycles. The van der Waals surface area contributed by atoms with Gasteiger partial charge in [0.2, 0.25) is 0 Å². The lowest BCUT2D eigenvalue weighted by molar-refractivity contribution is -0.235. The first-order chi connectivity index (χ1) is 22.3. The van der Waals surface area contributed by atoms with Crippen molar-refractivity contribution in [1.29, 1.82) is 0 Å². The van der Waals surface area contributed by atoms with Gasteiger partial charge >= 0.3 is 23.9 Å². The molecule has 0 radical (unpaired) electrons. The summed E-state index contributed by atoms with van der Waals surface area (Å²) in [4.78, 5) is 67.4. The summed E-state index contributed by atoms with van der Waals surface area (Å²) < 4.78 is 24.0. The Bertz CT molecular complexity index is 1510. The van der Waals surface area contributed by atoms with E-state index in [0.29, 0.717) is 5.57 Å². The molecule has 1 aromatic rings. The molecule has 2 fully saturated rings. The number of nitrogens with zero attached hydrogens (tertiary/aromatic N) is 1. The van der Waals surface area contributed by atoms with Crippen LogP contribution in [0.15, 0.2) is 53.6 Å². The Labute approximate surface area is 282 Å². The summed E-state index contributed by atoms with van der Waals surface area (Å²) >= 11 is 0. The average Bonchev–Trinajstić information content (AvgIpc) is 2.97. The van der Waals surface area contributed by atoms with Crippen molar-refractivity contribution in [3.8, 4) is 0 Å². The number of benzene rings is 1. The van der Waals surface area contributed by atoms with Crippen molar-refractivity contribution in [2.45, 2.75) is 110 Å². The first kappa shape index (κ1) is 37.0. The lowest BCUT2D eigenvalue weighted by Gasteiger charge is -2.62. The van der Waals surface area contributed by atoms with Crippen LogP contribution in [0.3, 0.4) is 0 Å². The zero-order chi connectivity index (χ0) is 35.9. The zero-order valence-corrected chi connectivity index (χ0v) is 29.5. The van der Waals surface area contributed by atoms with E-state index in [9.17, 15) is 29.1 Å². The summed E-state index contributed by atoms with van der Waals surface area (Å²) in [7, 11) is 3.75. The van der Waals surface area contributed by atoms with Crippen molar-refractivity contribution in [3.63, 3.8) is 0 Å². The van der Waals surface area contributed by atoms with E-state index >= 15 is 0 Å². The van der Waals surface area contributed by atoms with E-state index < -0.39 is 82.8 Å². The fraction of sp³-hybridized carbons (Fsp3) is 0.595. The van der Waals surface area contributed by atoms with Gasteiger partial charge in [-0.2, -0.15) is 0 Å². The molecular weight excluding hydrogens is 618 g/mol. The minimum absolute atomic E-state index is 0.0413. The third-order valence-corrected chi connectivity index (χ3v) is 10.8. The Kier molecular flexibility index (Phi) is 10.5. The third-order valence-electron chi connectivity index (χ3n) is 10.8. The van der Waals surface area contributed by atoms with Crippen molar-refractivity contribution < 1.29 is 48.0 Å². The molecule has 0 saturated heterocycles. The molecule has 11 heteroatoms. The van der Waals surface area contributed by atoms with Crippen LogP contribution in [-0.2, 0) is 42.9 Å². The molecule has 0 amide bonds. The molecule has 2 bridgehead atoms. The number of hydrogen-bond donors (Lipinski definition) is 1. The van der Waals surface area contributed by atoms with Gasteiger partial charge in [-0.15, -0.1) is 0 Å². The van der Waals surface area contributed by atoms with E-state index in [1.165, 1.54) is 20.8 Å². The fourth-order valence-electron chi connectivity index (χ4n) is 8.31. The molecule has 48 heavy (non-hydrogen) atoms. The third kappa shape index (κ3) is 6.59. The number of allylic oxidation sites excluding steroid dienone is 1. The van der Waals surface area contributed by atoms with Crippen molar-refractivity contribution in [3.05, 3.63) is 59.2 Å². The smallest absolute Gasteiger partial charge is 0.308 e. The van der Waals surface area contributed by atoms with E-state index in [-0.39, 0.29) is 36.5 Å². The van der Waals surface area contributed by atoms with Gasteiger partial charge in [-0.1, -0.05) is 57.7 Å². The van der Waals surface area contributed by atoms with Crippen LogP contribution in [0.1, 0.15) is 85.8 Å². The first-order valence-electron chi connectivity index (χ1n) is 16.3. The maximum atomic E-state index is 13.7. The number of hydrogen-bond acceptors (Lipinski definition) is 11. The zero-order valence-electron chi connectivity index (χ0n) is 29.5. The second-order valence-electron chi connectivity index (χ2n) is 14.4. The maximum Gasteiger partial charge on any atom is 0.308 e. The van der Waals surface area contributed by atoms with Crippen LogP contribution in [0.25, 0.3) is 0 Å². The van der Waals surface area contributed by atoms with Crippen LogP contribution in [0.5, 0.6) is 0 Å². The summed E-state index contributed by atoms with van der Waals surface area (Å²) in [6, 6.07) is 9.31. The fourth-order valence-corrected chi connectivity index (χ4v) is 8.31. The standard InChI is InChI=1S/C37H49NO10/c1-20-27(42)19-37(44)33(46-23(4)40)31-21(2)28(48-29(43)18-26(38(9)10)25-14-12-11-13-15-25)16-17-36(31,8)34(47-24(5)41)32(45-22(3)39)30(20)35(37,6)7/h11-15,26,28,31-34,44H,2,16-19H2,1,3-10H3/t26-,28-,31-,32+,33-,34-,36+,37-/m0/s1. The molecule has 4 rings (SSSR count). The quantitative estimate of drug-likeness (QED) is 0.239. The summed E-state index contributed by atoms with van der Waals surface area (Å²) in [5.41, 5.74) is -2.72. The van der Waals surface area contributed by atoms with Crippen molar-refractivity contribution in [1.82, 2.24) is 4.90 Å². The number of ether oxygens (including phenoxy) is 4. The van der Waals surface area contributed by atoms with Gasteiger partial charge in [0.1, 0.15) is 23.9 Å². The van der Waals surface area contributed by atoms with Gasteiger partial charge < -0.3 is 29.0 Å². The molecule has 1 aromatic carbocycles. The minimum Gasteiger partial charge on any atom is -0.459 e. The van der Waals surface area contributed by atoms with Crippen LogP contribution < -0.4 is 0 Å². The summed E-state index contributed by atoms with van der Waals surface area (Å²) in [6.07, 6.45) is -4.57. The average molecular weight is 668 g/mol. The van der Waals surface area contributed by atoms with Crippen LogP contribution in [0, 0.1) is 16.7 Å². The molecule has 0 aliphatic heterocycles. The van der Waals surface area contributed by atoms with E-state index in [4.69, 9.17) is 18.9 Å². The Morgan fingerprint density at radius 2 is 1.50 bits per heavy atom. The van der Waals surface area contributed by atoms with Gasteiger partial charge in [0.15, 0.2) is 11.9 Å². The highest BCUT2D eigenvalue weighted by Crippen LogP contribution is 2.62. The molecule has 3 aliphatic carbocycles. The Morgan fingerprint density at radius 1 is 0.938 bits per heavy atom. The van der Waals surface area contributed by atoms with Crippen molar-refractivity contribution in [2.24, 2.45) is 16.7 Å². The summed E-state index contributed by atoms with van der Waals surface area (Å²) in [6.45, 7) is 14.8. The summed E-state index contributed by atoms with van der Waals surface area (Å²) in [5, 5.41) is 12.8. The highest BCUT2D eigenvalue weighted by molar-refractivity contribution is 5.98. The van der Waals surface area contributed by atoms with E-state index in [1.807, 2.05) is 49.3 Å². The monoisotopic (exact) mass is 667 g/mol. The van der Waals surface area contributed by atoms with Crippen molar-refractivity contribution >= 4 is 29.7 Å². The normalized spacial score (nSPS) is 31.9. The van der Waals surface area contributed by atoms with E-state index in [1.54, 1.807) is 27.7 Å². The van der Waals surface area contributed by atoms with Gasteiger partial charge in [-0.05, 0) is 56.1 Å². The largest absolute Gasteiger partial charge is 0.459 e. The van der Waals surface area contributed by atoms with Crippen LogP contribution >= 0.6 is 0 Å². The number of fused-ring (bicyclic) bond motifs is 3. The molecule has 2 saturated carbocycles. The molecule has 0 heterocycles. The lowest BCUT2D eigenvalue weighted by Crippen LogP contribution is -2.70. The minimum atomic E-state index is -2.02. The van der Waals surface area contributed by atoms with Gasteiger partial charge in [-0.25, -0.2) is 0 Å². The van der Waals surface area contributed by atoms with Crippen LogP contribution in [0.4, 0.5) is 0 Å². The number of carbonyl (C=O) groups is 5. The number of aliphatic hydroxyl groups is 1. The SMILES string of the molecule is C=C1[C@@H](OC(=O)C[C@@H](c2ccccc2)N(C)C)CC[C@@]2(C)[C@@H](OC(C)=O)[C@H](OC(C)=O)C3=C(C)C(=O)C[C@](O)([C@@H](OC(C)=O)[C@H]12)C3(C)C. The van der Waals surface area contributed by atoms with E-state index in [2.05, 4.69) is 6.58 Å². The Hall–Kier alpha value is -3.83. The van der Waals surface area contributed by atoms with Crippen LogP contribution in [0.2, 0.25) is 0 Å². The molecular formula is C37H49NO10. The molecule has 8 atom stereocenters. The number of Topliss-reactive ketones (excluding diaryl/α,β-unsaturated/α-hetero) is 1. The van der Waals surface area contributed by atoms with Gasteiger partial charge in [0.05, 0.1) is 6.42 Å². The molecule has 1 N–H and O–H groups in total. The molecule has 3 aliphatic rings. The predicted molar refractivity (Wildman–Crippen MR) is 175 cm³/mol. The number of carbonyl (C=O) groups excluding carboxylic acids is 5. The highest BCUT2D eigenvalue weighted by Gasteiger charge is 2.69. The second-order valence-corrected chi connectivity index (χ2v) is 14.4. The first-order valence-corrected chi connectivity index (χ1v) is 16.3. The molecule has 0 spiro atoms. The molecule has 262 valence electrons. The summed E-state index contributed by atoms with van der Waals surface area (Å²) in [5.74, 6) is -3.98. The van der Waals surface area contributed by atoms with E-state index in [0.717, 1.165) is 5.56 Å². The molecule has 11 nitrogen and oxygen atoms in total. The predicted octanol–water partition coefficient (Wildman–Crippen LogP) is 4.42. The lowest BCUT2D eigenvalue weighted by atomic mass is 9.47. The number of esters is 4. The van der Waals surface area contributed by atoms with Crippen molar-refractivity contribution in [2.75, 3.05) is 14.1 Å². The topological polar surface area (TPSA) is 146 Å². The van der Waals surface area contributed by atoms with Gasteiger partial charge in [-0.3, -0.25) is 24.0 Å². The Morgan fingerprint density at radius 3 is 2.04 bits per heavy atom. The highest BCUT2D eigenvalue weighted by atomic mass is 16.6. The Balaban J connectivity index is 1.87. The van der Waals surface area contributed by atoms with Gasteiger partial charge in [0, 0.05) is 50.0 Å².